The molecule has 1 aliphatic rings. The fourth-order valence-corrected chi connectivity index (χ4v) is 3.67. The van der Waals surface area contributed by atoms with Gasteiger partial charge < -0.3 is 10.2 Å². The van der Waals surface area contributed by atoms with E-state index in [0.717, 1.165) is 12.0 Å². The number of hydrogen-bond acceptors (Lipinski definition) is 3. The third kappa shape index (κ3) is 4.91. The van der Waals surface area contributed by atoms with E-state index in [-0.39, 0.29) is 17.9 Å². The molecule has 0 aliphatic carbocycles. The molecular weight excluding hydrogens is 367 g/mol. The Morgan fingerprint density at radius 1 is 1.42 bits per heavy atom. The number of amides is 2. The first kappa shape index (κ1) is 19.2. The fourth-order valence-electron chi connectivity index (χ4n) is 2.20. The van der Waals surface area contributed by atoms with Gasteiger partial charge in [-0.15, -0.1) is 11.8 Å². The summed E-state index contributed by atoms with van der Waals surface area (Å²) >= 11 is 13.4. The average molecular weight is 387 g/mol. The van der Waals surface area contributed by atoms with Gasteiger partial charge in [-0.2, -0.15) is 0 Å². The van der Waals surface area contributed by atoms with E-state index < -0.39 is 6.04 Å². The van der Waals surface area contributed by atoms with E-state index in [0.29, 0.717) is 21.7 Å². The van der Waals surface area contributed by atoms with Gasteiger partial charge in [-0.25, -0.2) is 0 Å². The average Bonchev–Trinajstić information content (AvgIpc) is 3.05. The van der Waals surface area contributed by atoms with Crippen LogP contribution >= 0.6 is 35.0 Å². The molecule has 1 aromatic rings. The van der Waals surface area contributed by atoms with Gasteiger partial charge in [0.1, 0.15) is 6.04 Å². The van der Waals surface area contributed by atoms with Gasteiger partial charge in [0.2, 0.25) is 11.8 Å². The lowest BCUT2D eigenvalue weighted by atomic mass is 10.2. The molecule has 130 valence electrons. The fraction of sp³-hybridized carbons (Fsp3) is 0.412. The van der Waals surface area contributed by atoms with Gasteiger partial charge in [0.25, 0.3) is 0 Å². The lowest BCUT2D eigenvalue weighted by Gasteiger charge is -2.23. The van der Waals surface area contributed by atoms with Crippen LogP contribution in [-0.2, 0) is 9.59 Å². The van der Waals surface area contributed by atoms with Crippen molar-refractivity contribution in [2.24, 2.45) is 0 Å². The molecule has 1 heterocycles. The maximum absolute atomic E-state index is 12.4. The Labute approximate surface area is 156 Å². The van der Waals surface area contributed by atoms with Crippen LogP contribution in [0.2, 0.25) is 10.0 Å². The van der Waals surface area contributed by atoms with Gasteiger partial charge in [0.15, 0.2) is 0 Å². The lowest BCUT2D eigenvalue weighted by Crippen LogP contribution is -2.48. The highest BCUT2D eigenvalue weighted by Crippen LogP contribution is 2.24. The SMILES string of the molecule is CCC(C)NC(=O)C1CSCN1C(=O)/C=C/c1ccc(Cl)c(Cl)c1. The standard InChI is InChI=1S/C17H20Cl2N2O2S/c1-3-11(2)20-17(23)15-9-24-10-21(15)16(22)7-5-12-4-6-13(18)14(19)8-12/h4-8,11,15H,3,9-10H2,1-2H3,(H,20,23)/b7-5+. The van der Waals surface area contributed by atoms with Crippen LogP contribution < -0.4 is 5.32 Å². The Morgan fingerprint density at radius 3 is 2.83 bits per heavy atom. The number of rotatable bonds is 5. The molecule has 1 aliphatic heterocycles. The smallest absolute Gasteiger partial charge is 0.247 e. The van der Waals surface area contributed by atoms with Crippen LogP contribution in [0, 0.1) is 0 Å². The van der Waals surface area contributed by atoms with Crippen molar-refractivity contribution in [3.8, 4) is 0 Å². The number of thioether (sulfide) groups is 1. The molecule has 2 rings (SSSR count). The number of carbonyl (C=O) groups is 2. The summed E-state index contributed by atoms with van der Waals surface area (Å²) in [6.45, 7) is 3.97. The molecule has 2 amide bonds. The summed E-state index contributed by atoms with van der Waals surface area (Å²) in [5.41, 5.74) is 0.783. The number of halogens is 2. The number of hydrogen-bond donors (Lipinski definition) is 1. The Morgan fingerprint density at radius 2 is 2.17 bits per heavy atom. The first-order valence-corrected chi connectivity index (χ1v) is 9.65. The highest BCUT2D eigenvalue weighted by molar-refractivity contribution is 7.99. The van der Waals surface area contributed by atoms with Gasteiger partial charge >= 0.3 is 0 Å². The van der Waals surface area contributed by atoms with E-state index in [1.807, 2.05) is 13.8 Å². The molecule has 1 aromatic carbocycles. The molecule has 1 N–H and O–H groups in total. The van der Waals surface area contributed by atoms with Gasteiger partial charge in [0.05, 0.1) is 15.9 Å². The van der Waals surface area contributed by atoms with E-state index in [9.17, 15) is 9.59 Å². The van der Waals surface area contributed by atoms with Gasteiger partial charge in [-0.3, -0.25) is 9.59 Å². The monoisotopic (exact) mass is 386 g/mol. The van der Waals surface area contributed by atoms with Gasteiger partial charge in [-0.1, -0.05) is 36.2 Å². The van der Waals surface area contributed by atoms with Crippen molar-refractivity contribution in [2.45, 2.75) is 32.4 Å². The van der Waals surface area contributed by atoms with Crippen molar-refractivity contribution in [2.75, 3.05) is 11.6 Å². The molecule has 0 bridgehead atoms. The first-order valence-electron chi connectivity index (χ1n) is 7.74. The minimum absolute atomic E-state index is 0.0920. The highest BCUT2D eigenvalue weighted by Gasteiger charge is 2.33. The normalized spacial score (nSPS) is 18.8. The van der Waals surface area contributed by atoms with Crippen LogP contribution in [0.5, 0.6) is 0 Å². The van der Waals surface area contributed by atoms with E-state index >= 15 is 0 Å². The Balaban J connectivity index is 2.03. The summed E-state index contributed by atoms with van der Waals surface area (Å²) in [4.78, 5) is 26.3. The molecule has 24 heavy (non-hydrogen) atoms. The highest BCUT2D eigenvalue weighted by atomic mass is 35.5. The molecule has 0 spiro atoms. The van der Waals surface area contributed by atoms with Crippen LogP contribution in [0.25, 0.3) is 6.08 Å². The maximum Gasteiger partial charge on any atom is 0.247 e. The van der Waals surface area contributed by atoms with Crippen LogP contribution in [-0.4, -0.2) is 40.4 Å². The summed E-state index contributed by atoms with van der Waals surface area (Å²) in [5, 5.41) is 3.85. The largest absolute Gasteiger partial charge is 0.352 e. The van der Waals surface area contributed by atoms with Crippen LogP contribution in [0.3, 0.4) is 0 Å². The first-order chi connectivity index (χ1) is 11.4. The second kappa shape index (κ2) is 8.79. The van der Waals surface area contributed by atoms with E-state index in [1.54, 1.807) is 40.9 Å². The topological polar surface area (TPSA) is 49.4 Å². The van der Waals surface area contributed by atoms with Crippen molar-refractivity contribution in [1.29, 1.82) is 0 Å². The minimum atomic E-state index is -0.421. The van der Waals surface area contributed by atoms with Crippen molar-refractivity contribution in [3.05, 3.63) is 39.9 Å². The van der Waals surface area contributed by atoms with Crippen LogP contribution in [0.1, 0.15) is 25.8 Å². The molecule has 1 fully saturated rings. The third-order valence-corrected chi connectivity index (χ3v) is 5.58. The van der Waals surface area contributed by atoms with E-state index in [1.165, 1.54) is 6.08 Å². The molecular formula is C17H20Cl2N2O2S. The molecule has 0 radical (unpaired) electrons. The molecule has 0 aromatic heterocycles. The van der Waals surface area contributed by atoms with Crippen LogP contribution in [0.4, 0.5) is 0 Å². The van der Waals surface area contributed by atoms with Crippen molar-refractivity contribution < 1.29 is 9.59 Å². The summed E-state index contributed by atoms with van der Waals surface area (Å²) < 4.78 is 0. The summed E-state index contributed by atoms with van der Waals surface area (Å²) in [7, 11) is 0. The second-order valence-corrected chi connectivity index (χ2v) is 7.46. The number of nitrogens with one attached hydrogen (secondary N) is 1. The summed E-state index contributed by atoms with van der Waals surface area (Å²) in [6, 6.07) is 4.84. The predicted octanol–water partition coefficient (Wildman–Crippen LogP) is 3.82. The minimum Gasteiger partial charge on any atom is -0.352 e. The zero-order chi connectivity index (χ0) is 17.7. The van der Waals surface area contributed by atoms with E-state index in [2.05, 4.69) is 5.32 Å². The third-order valence-electron chi connectivity index (χ3n) is 3.83. The zero-order valence-corrected chi connectivity index (χ0v) is 15.9. The molecule has 7 heteroatoms. The Hall–Kier alpha value is -1.17. The van der Waals surface area contributed by atoms with E-state index in [4.69, 9.17) is 23.2 Å². The second-order valence-electron chi connectivity index (χ2n) is 5.65. The van der Waals surface area contributed by atoms with Crippen molar-refractivity contribution >= 4 is 52.9 Å². The van der Waals surface area contributed by atoms with Crippen molar-refractivity contribution in [3.63, 3.8) is 0 Å². The number of nitrogens with zero attached hydrogens (tertiary/aromatic N) is 1. The molecule has 1 saturated heterocycles. The van der Waals surface area contributed by atoms with Crippen molar-refractivity contribution in [1.82, 2.24) is 10.2 Å². The van der Waals surface area contributed by atoms with Crippen LogP contribution in [0.15, 0.2) is 24.3 Å². The Bertz CT molecular complexity index is 651. The van der Waals surface area contributed by atoms with Gasteiger partial charge in [0, 0.05) is 17.9 Å². The number of carbonyl (C=O) groups excluding carboxylic acids is 2. The lowest BCUT2D eigenvalue weighted by molar-refractivity contribution is -0.135. The Kier molecular flexibility index (Phi) is 7.02. The van der Waals surface area contributed by atoms with Gasteiger partial charge in [-0.05, 0) is 37.1 Å². The molecule has 0 saturated carbocycles. The number of benzene rings is 1. The zero-order valence-electron chi connectivity index (χ0n) is 13.6. The quantitative estimate of drug-likeness (QED) is 0.782. The molecule has 2 atom stereocenters. The predicted molar refractivity (Wildman–Crippen MR) is 101 cm³/mol. The molecule has 2 unspecified atom stereocenters. The maximum atomic E-state index is 12.4. The summed E-state index contributed by atoms with van der Waals surface area (Å²) in [5.74, 6) is 0.860. The summed E-state index contributed by atoms with van der Waals surface area (Å²) in [6.07, 6.45) is 4.00. The molecule has 4 nitrogen and oxygen atoms in total.